The van der Waals surface area contributed by atoms with Gasteiger partial charge in [-0.25, -0.2) is 9.59 Å². The van der Waals surface area contributed by atoms with Crippen LogP contribution in [0.5, 0.6) is 0 Å². The number of hydrogen-bond acceptors (Lipinski definition) is 6. The Labute approximate surface area is 141 Å². The predicted octanol–water partition coefficient (Wildman–Crippen LogP) is 0.292. The molecule has 1 aliphatic rings. The SMILES string of the molecule is COC(=O)[C@@](C)(CC1CCC[C@]1(NC(C)=O)C(=O)OC)NC(C)=O. The minimum atomic E-state index is -1.30. The molecule has 0 aromatic heterocycles. The summed E-state index contributed by atoms with van der Waals surface area (Å²) in [5.41, 5.74) is -2.50. The van der Waals surface area contributed by atoms with Crippen LogP contribution in [0.15, 0.2) is 0 Å². The summed E-state index contributed by atoms with van der Waals surface area (Å²) in [6, 6.07) is 0. The lowest BCUT2D eigenvalue weighted by molar-refractivity contribution is -0.156. The van der Waals surface area contributed by atoms with E-state index in [-0.39, 0.29) is 24.2 Å². The summed E-state index contributed by atoms with van der Waals surface area (Å²) in [5, 5.41) is 5.31. The third kappa shape index (κ3) is 4.04. The minimum Gasteiger partial charge on any atom is -0.467 e. The number of rotatable bonds is 6. The standard InChI is InChI=1S/C16H26N2O6/c1-10(19)17-15(3,13(21)23-4)9-12-7-6-8-16(12,14(22)24-5)18-11(2)20/h12H,6-9H2,1-5H3,(H,17,19)(H,18,20)/t12?,15-,16-/m1/s1. The van der Waals surface area contributed by atoms with Crippen molar-refractivity contribution in [2.45, 2.75) is 57.5 Å². The van der Waals surface area contributed by atoms with Crippen molar-refractivity contribution in [2.24, 2.45) is 5.92 Å². The Morgan fingerprint density at radius 1 is 1.12 bits per heavy atom. The van der Waals surface area contributed by atoms with Crippen LogP contribution in [-0.2, 0) is 28.7 Å². The average molecular weight is 342 g/mol. The zero-order valence-electron chi connectivity index (χ0n) is 14.9. The van der Waals surface area contributed by atoms with Gasteiger partial charge in [-0.05, 0) is 32.1 Å². The maximum absolute atomic E-state index is 12.4. The highest BCUT2D eigenvalue weighted by molar-refractivity contribution is 5.89. The molecule has 0 bridgehead atoms. The first kappa shape index (κ1) is 19.9. The topological polar surface area (TPSA) is 111 Å². The number of hydrogen-bond donors (Lipinski definition) is 2. The molecule has 24 heavy (non-hydrogen) atoms. The fourth-order valence-corrected chi connectivity index (χ4v) is 3.63. The molecule has 0 aromatic rings. The van der Waals surface area contributed by atoms with Crippen LogP contribution in [0, 0.1) is 5.92 Å². The van der Waals surface area contributed by atoms with Crippen molar-refractivity contribution in [2.75, 3.05) is 14.2 Å². The van der Waals surface area contributed by atoms with E-state index in [1.54, 1.807) is 6.92 Å². The highest BCUT2D eigenvalue weighted by Gasteiger charge is 2.54. The summed E-state index contributed by atoms with van der Waals surface area (Å²) >= 11 is 0. The summed E-state index contributed by atoms with van der Waals surface area (Å²) in [6.45, 7) is 4.18. The first-order valence-electron chi connectivity index (χ1n) is 7.85. The molecule has 0 spiro atoms. The molecule has 0 heterocycles. The van der Waals surface area contributed by atoms with Crippen molar-refractivity contribution in [3.8, 4) is 0 Å². The van der Waals surface area contributed by atoms with E-state index in [0.717, 1.165) is 0 Å². The van der Waals surface area contributed by atoms with Gasteiger partial charge in [0.15, 0.2) is 0 Å². The van der Waals surface area contributed by atoms with Crippen LogP contribution in [0.25, 0.3) is 0 Å². The first-order chi connectivity index (χ1) is 11.1. The molecule has 8 heteroatoms. The molecule has 0 aromatic carbocycles. The number of carbonyl (C=O) groups excluding carboxylic acids is 4. The van der Waals surface area contributed by atoms with E-state index in [9.17, 15) is 19.2 Å². The van der Waals surface area contributed by atoms with Gasteiger partial charge in [0.25, 0.3) is 0 Å². The quantitative estimate of drug-likeness (QED) is 0.671. The molecule has 0 radical (unpaired) electrons. The number of carbonyl (C=O) groups is 4. The van der Waals surface area contributed by atoms with Crippen molar-refractivity contribution in [3.05, 3.63) is 0 Å². The molecular formula is C16H26N2O6. The summed E-state index contributed by atoms with van der Waals surface area (Å²) in [5.74, 6) is -2.26. The molecule has 0 aliphatic heterocycles. The van der Waals surface area contributed by atoms with Crippen molar-refractivity contribution in [1.82, 2.24) is 10.6 Å². The lowest BCUT2D eigenvalue weighted by atomic mass is 9.78. The third-order valence-electron chi connectivity index (χ3n) is 4.51. The van der Waals surface area contributed by atoms with Crippen LogP contribution in [0.3, 0.4) is 0 Å². The molecule has 1 unspecified atom stereocenters. The lowest BCUT2D eigenvalue weighted by Crippen LogP contribution is -2.61. The molecule has 8 nitrogen and oxygen atoms in total. The van der Waals surface area contributed by atoms with Crippen LogP contribution in [0.4, 0.5) is 0 Å². The summed E-state index contributed by atoms with van der Waals surface area (Å²) in [7, 11) is 2.49. The van der Waals surface area contributed by atoms with Gasteiger partial charge in [0.05, 0.1) is 14.2 Å². The Kier molecular flexibility index (Phi) is 6.34. The molecular weight excluding hydrogens is 316 g/mol. The van der Waals surface area contributed by atoms with Gasteiger partial charge >= 0.3 is 11.9 Å². The fourth-order valence-electron chi connectivity index (χ4n) is 3.63. The zero-order chi connectivity index (χ0) is 18.5. The Morgan fingerprint density at radius 2 is 1.75 bits per heavy atom. The number of ether oxygens (including phenoxy) is 2. The largest absolute Gasteiger partial charge is 0.467 e. The van der Waals surface area contributed by atoms with Crippen LogP contribution in [0.1, 0.15) is 46.5 Å². The van der Waals surface area contributed by atoms with Gasteiger partial charge in [0, 0.05) is 13.8 Å². The molecule has 1 fully saturated rings. The summed E-state index contributed by atoms with van der Waals surface area (Å²) in [6.07, 6.45) is 1.87. The Balaban J connectivity index is 3.19. The lowest BCUT2D eigenvalue weighted by Gasteiger charge is -2.38. The van der Waals surface area contributed by atoms with E-state index in [4.69, 9.17) is 9.47 Å². The maximum atomic E-state index is 12.4. The van der Waals surface area contributed by atoms with E-state index in [0.29, 0.717) is 19.3 Å². The van der Waals surface area contributed by atoms with Crippen molar-refractivity contribution in [3.63, 3.8) is 0 Å². The van der Waals surface area contributed by atoms with Crippen molar-refractivity contribution >= 4 is 23.8 Å². The molecule has 2 N–H and O–H groups in total. The van der Waals surface area contributed by atoms with Crippen LogP contribution in [0.2, 0.25) is 0 Å². The molecule has 1 saturated carbocycles. The smallest absolute Gasteiger partial charge is 0.331 e. The van der Waals surface area contributed by atoms with Gasteiger partial charge in [-0.15, -0.1) is 0 Å². The van der Waals surface area contributed by atoms with Crippen LogP contribution in [-0.4, -0.2) is 49.1 Å². The van der Waals surface area contributed by atoms with E-state index < -0.39 is 23.0 Å². The Hall–Kier alpha value is -2.12. The summed E-state index contributed by atoms with van der Waals surface area (Å²) in [4.78, 5) is 47.7. The van der Waals surface area contributed by atoms with Gasteiger partial charge in [-0.3, -0.25) is 9.59 Å². The normalized spacial score (nSPS) is 25.3. The first-order valence-corrected chi connectivity index (χ1v) is 7.85. The average Bonchev–Trinajstić information content (AvgIpc) is 2.87. The molecule has 0 saturated heterocycles. The van der Waals surface area contributed by atoms with E-state index in [1.165, 1.54) is 28.1 Å². The predicted molar refractivity (Wildman–Crippen MR) is 84.8 cm³/mol. The molecule has 136 valence electrons. The van der Waals surface area contributed by atoms with Crippen LogP contribution < -0.4 is 10.6 Å². The summed E-state index contributed by atoms with van der Waals surface area (Å²) < 4.78 is 9.70. The molecule has 2 amide bonds. The highest BCUT2D eigenvalue weighted by Crippen LogP contribution is 2.41. The van der Waals surface area contributed by atoms with Gasteiger partial charge in [-0.1, -0.05) is 6.42 Å². The van der Waals surface area contributed by atoms with Crippen LogP contribution >= 0.6 is 0 Å². The Morgan fingerprint density at radius 3 is 2.21 bits per heavy atom. The molecule has 1 rings (SSSR count). The number of esters is 2. The second kappa shape index (κ2) is 7.63. The zero-order valence-corrected chi connectivity index (χ0v) is 14.9. The van der Waals surface area contributed by atoms with Gasteiger partial charge in [-0.2, -0.15) is 0 Å². The van der Waals surface area contributed by atoms with Gasteiger partial charge < -0.3 is 20.1 Å². The maximum Gasteiger partial charge on any atom is 0.331 e. The van der Waals surface area contributed by atoms with Crippen molar-refractivity contribution < 1.29 is 28.7 Å². The van der Waals surface area contributed by atoms with E-state index >= 15 is 0 Å². The van der Waals surface area contributed by atoms with Crippen molar-refractivity contribution in [1.29, 1.82) is 0 Å². The fraction of sp³-hybridized carbons (Fsp3) is 0.750. The number of methoxy groups -OCH3 is 2. The molecule has 1 aliphatic carbocycles. The van der Waals surface area contributed by atoms with Gasteiger partial charge in [0.2, 0.25) is 11.8 Å². The number of nitrogens with one attached hydrogen (secondary N) is 2. The highest BCUT2D eigenvalue weighted by atomic mass is 16.5. The second-order valence-corrected chi connectivity index (χ2v) is 6.44. The Bertz CT molecular complexity index is 535. The van der Waals surface area contributed by atoms with E-state index in [2.05, 4.69) is 10.6 Å². The minimum absolute atomic E-state index is 0.147. The van der Waals surface area contributed by atoms with Gasteiger partial charge in [0.1, 0.15) is 11.1 Å². The number of amides is 2. The molecule has 3 atom stereocenters. The van der Waals surface area contributed by atoms with E-state index in [1.807, 2.05) is 0 Å². The monoisotopic (exact) mass is 342 g/mol. The third-order valence-corrected chi connectivity index (χ3v) is 4.51. The second-order valence-electron chi connectivity index (χ2n) is 6.44.